The second-order valence-corrected chi connectivity index (χ2v) is 5.07. The Bertz CT molecular complexity index is 423. The Labute approximate surface area is 111 Å². The third-order valence-electron chi connectivity index (χ3n) is 3.72. The molecule has 0 aromatic carbocycles. The molecule has 0 aromatic rings. The maximum atomic E-state index is 12.6. The van der Waals surface area contributed by atoms with Gasteiger partial charge in [-0.05, 0) is 31.3 Å². The van der Waals surface area contributed by atoms with Crippen molar-refractivity contribution in [3.05, 3.63) is 23.4 Å². The van der Waals surface area contributed by atoms with Crippen LogP contribution in [0.1, 0.15) is 39.0 Å². The molecule has 1 aliphatic carbocycles. The SMILES string of the molecule is CCCCC1=C2C(C=CC1)CCN2C(=O)C(F)(F)F. The van der Waals surface area contributed by atoms with Crippen LogP contribution in [0.2, 0.25) is 0 Å². The van der Waals surface area contributed by atoms with E-state index >= 15 is 0 Å². The lowest BCUT2D eigenvalue weighted by Crippen LogP contribution is -2.39. The van der Waals surface area contributed by atoms with Crippen molar-refractivity contribution in [1.82, 2.24) is 4.90 Å². The first kappa shape index (κ1) is 14.2. The molecule has 1 unspecified atom stereocenters. The molecule has 0 aromatic heterocycles. The predicted octanol–water partition coefficient (Wildman–Crippen LogP) is 3.80. The highest BCUT2D eigenvalue weighted by atomic mass is 19.4. The molecule has 0 saturated carbocycles. The van der Waals surface area contributed by atoms with Crippen LogP contribution in [0.5, 0.6) is 0 Å². The monoisotopic (exact) mass is 273 g/mol. The number of amides is 1. The van der Waals surface area contributed by atoms with Gasteiger partial charge in [0.15, 0.2) is 0 Å². The summed E-state index contributed by atoms with van der Waals surface area (Å²) in [4.78, 5) is 12.4. The van der Waals surface area contributed by atoms with Gasteiger partial charge in [0.1, 0.15) is 0 Å². The highest BCUT2D eigenvalue weighted by Gasteiger charge is 2.47. The number of hydrogen-bond donors (Lipinski definition) is 0. The van der Waals surface area contributed by atoms with Crippen LogP contribution in [0.15, 0.2) is 23.4 Å². The minimum atomic E-state index is -4.78. The van der Waals surface area contributed by atoms with Crippen molar-refractivity contribution in [2.45, 2.75) is 45.2 Å². The van der Waals surface area contributed by atoms with E-state index < -0.39 is 12.1 Å². The molecule has 0 radical (unpaired) electrons. The molecule has 1 fully saturated rings. The highest BCUT2D eigenvalue weighted by molar-refractivity contribution is 5.84. The zero-order valence-electron chi connectivity index (χ0n) is 11.0. The van der Waals surface area contributed by atoms with Gasteiger partial charge in [-0.15, -0.1) is 0 Å². The molecule has 2 aliphatic rings. The Hall–Kier alpha value is -1.26. The summed E-state index contributed by atoms with van der Waals surface area (Å²) in [6, 6.07) is 0. The molecule has 106 valence electrons. The second-order valence-electron chi connectivity index (χ2n) is 5.07. The van der Waals surface area contributed by atoms with Crippen molar-refractivity contribution >= 4 is 5.91 Å². The quantitative estimate of drug-likeness (QED) is 0.716. The average Bonchev–Trinajstić information content (AvgIpc) is 2.78. The summed E-state index contributed by atoms with van der Waals surface area (Å²) in [6.07, 6.45) is 3.19. The first-order valence-electron chi connectivity index (χ1n) is 6.72. The van der Waals surface area contributed by atoms with Crippen LogP contribution in [0.4, 0.5) is 13.2 Å². The maximum Gasteiger partial charge on any atom is 0.471 e. The first-order chi connectivity index (χ1) is 8.95. The average molecular weight is 273 g/mol. The van der Waals surface area contributed by atoms with E-state index in [1.54, 1.807) is 0 Å². The van der Waals surface area contributed by atoms with Gasteiger partial charge in [-0.1, -0.05) is 25.5 Å². The Morgan fingerprint density at radius 2 is 2.21 bits per heavy atom. The van der Waals surface area contributed by atoms with E-state index in [0.29, 0.717) is 18.5 Å². The van der Waals surface area contributed by atoms with Crippen LogP contribution in [-0.2, 0) is 4.79 Å². The highest BCUT2D eigenvalue weighted by Crippen LogP contribution is 2.39. The van der Waals surface area contributed by atoms with Gasteiger partial charge in [-0.3, -0.25) is 4.79 Å². The lowest BCUT2D eigenvalue weighted by molar-refractivity contribution is -0.182. The van der Waals surface area contributed by atoms with E-state index in [9.17, 15) is 18.0 Å². The molecule has 19 heavy (non-hydrogen) atoms. The second kappa shape index (κ2) is 5.39. The van der Waals surface area contributed by atoms with Gasteiger partial charge in [-0.25, -0.2) is 0 Å². The van der Waals surface area contributed by atoms with E-state index in [2.05, 4.69) is 6.92 Å². The zero-order chi connectivity index (χ0) is 14.0. The molecular formula is C14H18F3NO. The minimum absolute atomic E-state index is 0.00749. The number of allylic oxidation sites excluding steroid dienone is 3. The number of nitrogens with zero attached hydrogens (tertiary/aromatic N) is 1. The normalized spacial score (nSPS) is 22.9. The summed E-state index contributed by atoms with van der Waals surface area (Å²) in [5.41, 5.74) is 1.63. The molecule has 0 spiro atoms. The molecule has 5 heteroatoms. The van der Waals surface area contributed by atoms with Crippen LogP contribution in [0.3, 0.4) is 0 Å². The topological polar surface area (TPSA) is 20.3 Å². The number of alkyl halides is 3. The van der Waals surface area contributed by atoms with Crippen molar-refractivity contribution in [3.63, 3.8) is 0 Å². The number of carbonyl (C=O) groups excluding carboxylic acids is 1. The number of halogens is 3. The fraction of sp³-hybridized carbons (Fsp3) is 0.643. The van der Waals surface area contributed by atoms with Crippen LogP contribution in [0.25, 0.3) is 0 Å². The van der Waals surface area contributed by atoms with Crippen molar-refractivity contribution in [2.75, 3.05) is 6.54 Å². The van der Waals surface area contributed by atoms with Crippen LogP contribution in [0, 0.1) is 5.92 Å². The van der Waals surface area contributed by atoms with Gasteiger partial charge in [0.05, 0.1) is 0 Å². The fourth-order valence-corrected chi connectivity index (χ4v) is 2.83. The van der Waals surface area contributed by atoms with Crippen molar-refractivity contribution < 1.29 is 18.0 Å². The lowest BCUT2D eigenvalue weighted by Gasteiger charge is -2.26. The third kappa shape index (κ3) is 2.85. The molecule has 2 nitrogen and oxygen atoms in total. The van der Waals surface area contributed by atoms with E-state index in [0.717, 1.165) is 29.7 Å². The number of unbranched alkanes of at least 4 members (excludes halogenated alkanes) is 1. The molecular weight excluding hydrogens is 255 g/mol. The Morgan fingerprint density at radius 3 is 2.84 bits per heavy atom. The minimum Gasteiger partial charge on any atom is -0.308 e. The predicted molar refractivity (Wildman–Crippen MR) is 66.2 cm³/mol. The van der Waals surface area contributed by atoms with E-state index in [1.165, 1.54) is 0 Å². The molecule has 1 aliphatic heterocycles. The lowest BCUT2D eigenvalue weighted by atomic mass is 9.90. The Morgan fingerprint density at radius 1 is 1.47 bits per heavy atom. The summed E-state index contributed by atoms with van der Waals surface area (Å²) >= 11 is 0. The summed E-state index contributed by atoms with van der Waals surface area (Å²) < 4.78 is 37.8. The molecule has 1 amide bonds. The number of rotatable bonds is 3. The van der Waals surface area contributed by atoms with Crippen LogP contribution < -0.4 is 0 Å². The van der Waals surface area contributed by atoms with Gasteiger partial charge < -0.3 is 4.90 Å². The van der Waals surface area contributed by atoms with Gasteiger partial charge in [0.25, 0.3) is 0 Å². The number of hydrogen-bond acceptors (Lipinski definition) is 1. The van der Waals surface area contributed by atoms with Gasteiger partial charge in [-0.2, -0.15) is 13.2 Å². The van der Waals surface area contributed by atoms with Gasteiger partial charge in [0, 0.05) is 18.2 Å². The third-order valence-corrected chi connectivity index (χ3v) is 3.72. The van der Waals surface area contributed by atoms with Crippen LogP contribution in [-0.4, -0.2) is 23.5 Å². The van der Waals surface area contributed by atoms with E-state index in [-0.39, 0.29) is 12.5 Å². The Kier molecular flexibility index (Phi) is 4.02. The summed E-state index contributed by atoms with van der Waals surface area (Å²) in [7, 11) is 0. The van der Waals surface area contributed by atoms with Crippen molar-refractivity contribution in [2.24, 2.45) is 5.92 Å². The number of carbonyl (C=O) groups is 1. The zero-order valence-corrected chi connectivity index (χ0v) is 11.0. The first-order valence-corrected chi connectivity index (χ1v) is 6.72. The number of fused-ring (bicyclic) bond motifs is 1. The molecule has 0 bridgehead atoms. The molecule has 2 rings (SSSR count). The molecule has 0 N–H and O–H groups in total. The van der Waals surface area contributed by atoms with Crippen molar-refractivity contribution in [3.8, 4) is 0 Å². The van der Waals surface area contributed by atoms with E-state index in [1.807, 2.05) is 12.2 Å². The van der Waals surface area contributed by atoms with Crippen LogP contribution >= 0.6 is 0 Å². The maximum absolute atomic E-state index is 12.6. The number of likely N-dealkylation sites (tertiary alicyclic amines) is 1. The standard InChI is InChI=1S/C14H18F3NO/c1-2-3-5-10-6-4-7-11-8-9-18(12(10)11)13(19)14(15,16)17/h4,7,11H,2-3,5-6,8-9H2,1H3. The summed E-state index contributed by atoms with van der Waals surface area (Å²) in [5, 5.41) is 0. The van der Waals surface area contributed by atoms with E-state index in [4.69, 9.17) is 0 Å². The fourth-order valence-electron chi connectivity index (χ4n) is 2.83. The molecule has 1 saturated heterocycles. The van der Waals surface area contributed by atoms with Crippen molar-refractivity contribution in [1.29, 1.82) is 0 Å². The van der Waals surface area contributed by atoms with Gasteiger partial charge in [0.2, 0.25) is 0 Å². The smallest absolute Gasteiger partial charge is 0.308 e. The summed E-state index contributed by atoms with van der Waals surface area (Å²) in [6.45, 7) is 2.23. The molecule has 1 heterocycles. The Balaban J connectivity index is 2.26. The summed E-state index contributed by atoms with van der Waals surface area (Å²) in [5.74, 6) is -1.72. The molecule has 1 atom stereocenters. The van der Waals surface area contributed by atoms with Gasteiger partial charge >= 0.3 is 12.1 Å². The largest absolute Gasteiger partial charge is 0.471 e.